The molecule has 2 rings (SSSR count). The number of fused-ring (bicyclic) bond motifs is 1. The van der Waals surface area contributed by atoms with Crippen molar-refractivity contribution in [2.45, 2.75) is 12.8 Å². The van der Waals surface area contributed by atoms with E-state index in [0.29, 0.717) is 0 Å². The van der Waals surface area contributed by atoms with E-state index >= 15 is 0 Å². The first kappa shape index (κ1) is 10.6. The van der Waals surface area contributed by atoms with Crippen LogP contribution in [0.2, 0.25) is 0 Å². The third-order valence-corrected chi connectivity index (χ3v) is 2.81. The van der Waals surface area contributed by atoms with Crippen LogP contribution in [0.4, 0.5) is 0 Å². The van der Waals surface area contributed by atoms with Crippen LogP contribution in [-0.2, 0) is 4.79 Å². The zero-order valence-electron chi connectivity index (χ0n) is 9.10. The van der Waals surface area contributed by atoms with Gasteiger partial charge in [-0.1, -0.05) is 42.5 Å². The normalized spacial score (nSPS) is 12.4. The van der Waals surface area contributed by atoms with Gasteiger partial charge in [0.05, 0.1) is 5.92 Å². The highest BCUT2D eigenvalue weighted by atomic mass is 16.2. The fourth-order valence-corrected chi connectivity index (χ4v) is 1.75. The summed E-state index contributed by atoms with van der Waals surface area (Å²) < 4.78 is 0. The Kier molecular flexibility index (Phi) is 2.88. The van der Waals surface area contributed by atoms with Crippen LogP contribution in [0.15, 0.2) is 42.5 Å². The molecule has 0 aromatic heterocycles. The quantitative estimate of drug-likeness (QED) is 0.456. The Balaban J connectivity index is 2.43. The van der Waals surface area contributed by atoms with Gasteiger partial charge in [-0.15, -0.1) is 0 Å². The number of rotatable bonds is 2. The molecule has 2 aromatic carbocycles. The average molecular weight is 214 g/mol. The number of hydrogen-bond donors (Lipinski definition) is 2. The Labute approximate surface area is 94.2 Å². The minimum Gasteiger partial charge on any atom is -0.294 e. The van der Waals surface area contributed by atoms with Gasteiger partial charge in [-0.3, -0.25) is 10.2 Å². The Morgan fingerprint density at radius 3 is 2.56 bits per heavy atom. The lowest BCUT2D eigenvalue weighted by atomic mass is 9.97. The van der Waals surface area contributed by atoms with Crippen LogP contribution in [0.25, 0.3) is 10.8 Å². The van der Waals surface area contributed by atoms with Gasteiger partial charge in [-0.2, -0.15) is 0 Å². The third-order valence-electron chi connectivity index (χ3n) is 2.81. The molecule has 3 nitrogen and oxygen atoms in total. The maximum absolute atomic E-state index is 11.4. The molecule has 1 atom stereocenters. The second-order valence-electron chi connectivity index (χ2n) is 3.84. The Hall–Kier alpha value is -1.87. The Morgan fingerprint density at radius 1 is 1.19 bits per heavy atom. The number of hydrogen-bond acceptors (Lipinski definition) is 2. The predicted molar refractivity (Wildman–Crippen MR) is 64.7 cm³/mol. The summed E-state index contributed by atoms with van der Waals surface area (Å²) in [5, 5.41) is 2.31. The van der Waals surface area contributed by atoms with E-state index in [2.05, 4.69) is 5.43 Å². The van der Waals surface area contributed by atoms with Crippen LogP contribution >= 0.6 is 0 Å². The van der Waals surface area contributed by atoms with E-state index in [9.17, 15) is 4.79 Å². The van der Waals surface area contributed by atoms with Crippen LogP contribution in [0, 0.1) is 0 Å². The summed E-state index contributed by atoms with van der Waals surface area (Å²) in [7, 11) is 0. The van der Waals surface area contributed by atoms with Crippen molar-refractivity contribution in [2.24, 2.45) is 5.84 Å². The fourth-order valence-electron chi connectivity index (χ4n) is 1.75. The zero-order chi connectivity index (χ0) is 11.5. The SMILES string of the molecule is CC(C(=O)NN)c1ccc2ccccc2c1. The van der Waals surface area contributed by atoms with E-state index < -0.39 is 0 Å². The lowest BCUT2D eigenvalue weighted by molar-refractivity contribution is -0.122. The Bertz CT molecular complexity index is 522. The highest BCUT2D eigenvalue weighted by Gasteiger charge is 2.13. The molecular formula is C13H14N2O. The van der Waals surface area contributed by atoms with Gasteiger partial charge in [-0.05, 0) is 23.3 Å². The van der Waals surface area contributed by atoms with E-state index in [4.69, 9.17) is 5.84 Å². The summed E-state index contributed by atoms with van der Waals surface area (Å²) in [6, 6.07) is 14.1. The summed E-state index contributed by atoms with van der Waals surface area (Å²) in [5.74, 6) is 4.73. The molecule has 1 amide bonds. The van der Waals surface area contributed by atoms with Gasteiger partial charge < -0.3 is 0 Å². The fraction of sp³-hybridized carbons (Fsp3) is 0.154. The number of nitrogens with two attached hydrogens (primary N) is 1. The maximum Gasteiger partial charge on any atom is 0.241 e. The number of benzene rings is 2. The summed E-state index contributed by atoms with van der Waals surface area (Å²) in [6.07, 6.45) is 0. The van der Waals surface area contributed by atoms with Crippen molar-refractivity contribution >= 4 is 16.7 Å². The molecule has 0 saturated carbocycles. The first-order valence-corrected chi connectivity index (χ1v) is 5.21. The molecule has 1 unspecified atom stereocenters. The first-order valence-electron chi connectivity index (χ1n) is 5.21. The van der Waals surface area contributed by atoms with Crippen molar-refractivity contribution < 1.29 is 4.79 Å². The molecule has 0 fully saturated rings. The molecule has 0 saturated heterocycles. The lowest BCUT2D eigenvalue weighted by Gasteiger charge is -2.10. The van der Waals surface area contributed by atoms with Gasteiger partial charge in [0.15, 0.2) is 0 Å². The third kappa shape index (κ3) is 1.90. The molecule has 3 N–H and O–H groups in total. The second-order valence-corrected chi connectivity index (χ2v) is 3.84. The van der Waals surface area contributed by atoms with Gasteiger partial charge in [0.25, 0.3) is 0 Å². The van der Waals surface area contributed by atoms with Crippen molar-refractivity contribution in [3.05, 3.63) is 48.0 Å². The van der Waals surface area contributed by atoms with Crippen molar-refractivity contribution in [2.75, 3.05) is 0 Å². The van der Waals surface area contributed by atoms with Gasteiger partial charge in [0, 0.05) is 0 Å². The highest BCUT2D eigenvalue weighted by Crippen LogP contribution is 2.21. The van der Waals surface area contributed by atoms with E-state index in [0.717, 1.165) is 10.9 Å². The number of hydrazine groups is 1. The molecule has 3 heteroatoms. The minimum absolute atomic E-state index is 0.171. The van der Waals surface area contributed by atoms with E-state index in [1.54, 1.807) is 0 Å². The number of carbonyl (C=O) groups excluding carboxylic acids is 1. The summed E-state index contributed by atoms with van der Waals surface area (Å²) in [5.41, 5.74) is 3.15. The Morgan fingerprint density at radius 2 is 1.88 bits per heavy atom. The lowest BCUT2D eigenvalue weighted by Crippen LogP contribution is -2.33. The molecule has 0 spiro atoms. The number of nitrogens with one attached hydrogen (secondary N) is 1. The molecule has 0 heterocycles. The predicted octanol–water partition coefficient (Wildman–Crippen LogP) is 1.93. The molecule has 0 radical (unpaired) electrons. The maximum atomic E-state index is 11.4. The number of amides is 1. The van der Waals surface area contributed by atoms with Gasteiger partial charge in [-0.25, -0.2) is 5.84 Å². The summed E-state index contributed by atoms with van der Waals surface area (Å²) >= 11 is 0. The van der Waals surface area contributed by atoms with Crippen molar-refractivity contribution in [1.82, 2.24) is 5.43 Å². The molecule has 2 aromatic rings. The highest BCUT2D eigenvalue weighted by molar-refractivity contribution is 5.87. The number of carbonyl (C=O) groups is 1. The zero-order valence-corrected chi connectivity index (χ0v) is 9.10. The van der Waals surface area contributed by atoms with Crippen molar-refractivity contribution in [3.63, 3.8) is 0 Å². The average Bonchev–Trinajstić information content (AvgIpc) is 2.36. The smallest absolute Gasteiger partial charge is 0.241 e. The molecule has 0 aliphatic heterocycles. The van der Waals surface area contributed by atoms with Crippen LogP contribution in [0.5, 0.6) is 0 Å². The van der Waals surface area contributed by atoms with E-state index in [1.165, 1.54) is 5.39 Å². The topological polar surface area (TPSA) is 55.1 Å². The largest absolute Gasteiger partial charge is 0.294 e. The van der Waals surface area contributed by atoms with Crippen molar-refractivity contribution in [3.8, 4) is 0 Å². The first-order chi connectivity index (χ1) is 7.72. The van der Waals surface area contributed by atoms with E-state index in [1.807, 2.05) is 49.4 Å². The molecule has 0 aliphatic rings. The summed E-state index contributed by atoms with van der Waals surface area (Å²) in [4.78, 5) is 11.4. The molecule has 82 valence electrons. The van der Waals surface area contributed by atoms with Gasteiger partial charge in [0.1, 0.15) is 0 Å². The van der Waals surface area contributed by atoms with Crippen molar-refractivity contribution in [1.29, 1.82) is 0 Å². The summed E-state index contributed by atoms with van der Waals surface area (Å²) in [6.45, 7) is 1.84. The van der Waals surface area contributed by atoms with Crippen LogP contribution < -0.4 is 11.3 Å². The molecular weight excluding hydrogens is 200 g/mol. The second kappa shape index (κ2) is 4.33. The van der Waals surface area contributed by atoms with Gasteiger partial charge >= 0.3 is 0 Å². The standard InChI is InChI=1S/C13H14N2O/c1-9(13(16)15-14)11-7-6-10-4-2-3-5-12(10)8-11/h2-9H,14H2,1H3,(H,15,16). The molecule has 0 aliphatic carbocycles. The van der Waals surface area contributed by atoms with Crippen LogP contribution in [-0.4, -0.2) is 5.91 Å². The minimum atomic E-state index is -0.227. The monoisotopic (exact) mass is 214 g/mol. The van der Waals surface area contributed by atoms with Gasteiger partial charge in [0.2, 0.25) is 5.91 Å². The molecule has 0 bridgehead atoms. The van der Waals surface area contributed by atoms with Crippen LogP contribution in [0.1, 0.15) is 18.4 Å². The van der Waals surface area contributed by atoms with Crippen LogP contribution in [0.3, 0.4) is 0 Å². The molecule has 16 heavy (non-hydrogen) atoms. The van der Waals surface area contributed by atoms with E-state index in [-0.39, 0.29) is 11.8 Å².